The van der Waals surface area contributed by atoms with Crippen molar-refractivity contribution < 1.29 is 9.53 Å². The van der Waals surface area contributed by atoms with Crippen molar-refractivity contribution in [3.8, 4) is 5.75 Å². The second-order valence-electron chi connectivity index (χ2n) is 4.37. The zero-order valence-electron chi connectivity index (χ0n) is 11.0. The summed E-state index contributed by atoms with van der Waals surface area (Å²) in [6, 6.07) is 7.76. The van der Waals surface area contributed by atoms with Gasteiger partial charge in [0, 0.05) is 18.2 Å². The fraction of sp³-hybridized carbons (Fsp3) is 0.333. The van der Waals surface area contributed by atoms with Crippen LogP contribution in [0.4, 0.5) is 5.69 Å². The Bertz CT molecular complexity index is 537. The third-order valence-electron chi connectivity index (χ3n) is 2.82. The average Bonchev–Trinajstić information content (AvgIpc) is 2.47. The Balaban J connectivity index is 2.05. The van der Waals surface area contributed by atoms with E-state index in [-0.39, 0.29) is 0 Å². The predicted octanol–water partition coefficient (Wildman–Crippen LogP) is 3.57. The minimum absolute atomic E-state index is 0.697. The van der Waals surface area contributed by atoms with Crippen LogP contribution < -0.4 is 4.74 Å². The molecule has 98 valence electrons. The van der Waals surface area contributed by atoms with Crippen molar-refractivity contribution in [2.45, 2.75) is 26.2 Å². The first kappa shape index (κ1) is 13.2. The fourth-order valence-corrected chi connectivity index (χ4v) is 1.79. The summed E-state index contributed by atoms with van der Waals surface area (Å²) in [6.07, 6.45) is 6.21. The summed E-state index contributed by atoms with van der Waals surface area (Å²) in [6.45, 7) is 2.82. The molecule has 1 aromatic carbocycles. The van der Waals surface area contributed by atoms with Crippen molar-refractivity contribution in [1.82, 2.24) is 0 Å². The first-order valence-electron chi connectivity index (χ1n) is 6.51. The first-order valence-corrected chi connectivity index (χ1v) is 6.51. The molecular formula is C15H17N3O. The third-order valence-corrected chi connectivity index (χ3v) is 2.82. The number of nitrogens with zero attached hydrogens (tertiary/aromatic N) is 3. The molecule has 0 amide bonds. The van der Waals surface area contributed by atoms with Gasteiger partial charge in [0.25, 0.3) is 5.71 Å². The van der Waals surface area contributed by atoms with Gasteiger partial charge in [-0.3, -0.25) is 4.99 Å². The first-order chi connectivity index (χ1) is 9.31. The number of aliphatic imine (C=N–C) groups is 1. The molecule has 0 radical (unpaired) electrons. The second kappa shape index (κ2) is 6.66. The van der Waals surface area contributed by atoms with Gasteiger partial charge in [0.1, 0.15) is 5.75 Å². The highest BCUT2D eigenvalue weighted by Gasteiger charge is 2.11. The van der Waals surface area contributed by atoms with Crippen LogP contribution in [-0.4, -0.2) is 22.8 Å². The van der Waals surface area contributed by atoms with Crippen LogP contribution in [0.3, 0.4) is 0 Å². The summed E-state index contributed by atoms with van der Waals surface area (Å²) in [7, 11) is 0. The largest absolute Gasteiger partial charge is 0.494 e. The minimum atomic E-state index is 0.697. The van der Waals surface area contributed by atoms with E-state index in [0.29, 0.717) is 5.71 Å². The topological polar surface area (TPSA) is 58.0 Å². The van der Waals surface area contributed by atoms with E-state index in [1.54, 1.807) is 6.08 Å². The summed E-state index contributed by atoms with van der Waals surface area (Å²) >= 11 is 0. The Morgan fingerprint density at radius 2 is 2.00 bits per heavy atom. The quantitative estimate of drug-likeness (QED) is 0.599. The molecule has 0 fully saturated rings. The maximum Gasteiger partial charge on any atom is 0.292 e. The lowest BCUT2D eigenvalue weighted by Gasteiger charge is -2.06. The van der Waals surface area contributed by atoms with Gasteiger partial charge < -0.3 is 10.3 Å². The molecule has 0 spiro atoms. The van der Waals surface area contributed by atoms with Gasteiger partial charge in [0.2, 0.25) is 0 Å². The van der Waals surface area contributed by atoms with Crippen molar-refractivity contribution in [2.24, 2.45) is 4.99 Å². The molecular weight excluding hydrogens is 238 g/mol. The molecule has 0 saturated heterocycles. The van der Waals surface area contributed by atoms with Crippen molar-refractivity contribution in [2.75, 3.05) is 6.61 Å². The number of hydrogen-bond acceptors (Lipinski definition) is 2. The van der Waals surface area contributed by atoms with Gasteiger partial charge in [-0.05, 0) is 36.8 Å². The Kier molecular flexibility index (Phi) is 4.65. The second-order valence-corrected chi connectivity index (χ2v) is 4.37. The van der Waals surface area contributed by atoms with E-state index < -0.39 is 0 Å². The van der Waals surface area contributed by atoms with Crippen LogP contribution in [0.2, 0.25) is 0 Å². The normalized spacial score (nSPS) is 16.5. The lowest BCUT2D eigenvalue weighted by atomic mass is 10.0. The van der Waals surface area contributed by atoms with Gasteiger partial charge in [0.05, 0.1) is 18.7 Å². The van der Waals surface area contributed by atoms with E-state index in [1.807, 2.05) is 30.3 Å². The van der Waals surface area contributed by atoms with E-state index in [4.69, 9.17) is 10.3 Å². The molecule has 4 heteroatoms. The van der Waals surface area contributed by atoms with Gasteiger partial charge in [-0.2, -0.15) is 4.79 Å². The molecule has 0 unspecified atom stereocenters. The zero-order valence-corrected chi connectivity index (χ0v) is 11.0. The number of rotatable bonds is 4. The van der Waals surface area contributed by atoms with Gasteiger partial charge in [-0.15, -0.1) is 0 Å². The molecule has 2 rings (SSSR count). The van der Waals surface area contributed by atoms with Crippen LogP contribution in [0.1, 0.15) is 26.2 Å². The van der Waals surface area contributed by atoms with Crippen molar-refractivity contribution in [1.29, 1.82) is 0 Å². The molecule has 0 bridgehead atoms. The maximum atomic E-state index is 8.65. The van der Waals surface area contributed by atoms with E-state index >= 15 is 0 Å². The molecule has 0 saturated carbocycles. The van der Waals surface area contributed by atoms with Gasteiger partial charge >= 0.3 is 0 Å². The van der Waals surface area contributed by atoms with Gasteiger partial charge in [-0.1, -0.05) is 6.92 Å². The highest BCUT2D eigenvalue weighted by Crippen LogP contribution is 2.20. The summed E-state index contributed by atoms with van der Waals surface area (Å²) in [5.41, 5.74) is 11.3. The molecule has 1 aliphatic rings. The summed E-state index contributed by atoms with van der Waals surface area (Å²) in [5, 5.41) is 0. The Labute approximate surface area is 113 Å². The minimum Gasteiger partial charge on any atom is -0.494 e. The number of ether oxygens (including phenoxy) is 1. The van der Waals surface area contributed by atoms with Crippen molar-refractivity contribution >= 4 is 17.1 Å². The Morgan fingerprint density at radius 3 is 2.58 bits per heavy atom. The number of allylic oxidation sites excluding steroid dienone is 2. The highest BCUT2D eigenvalue weighted by molar-refractivity contribution is 6.07. The van der Waals surface area contributed by atoms with Crippen molar-refractivity contribution in [3.05, 3.63) is 41.9 Å². The van der Waals surface area contributed by atoms with Crippen LogP contribution in [0.25, 0.3) is 5.53 Å². The van der Waals surface area contributed by atoms with Crippen LogP contribution in [0.15, 0.2) is 41.4 Å². The molecule has 19 heavy (non-hydrogen) atoms. The summed E-state index contributed by atoms with van der Waals surface area (Å²) < 4.78 is 5.52. The molecule has 1 aliphatic carbocycles. The van der Waals surface area contributed by atoms with Crippen LogP contribution in [0.5, 0.6) is 5.75 Å². The van der Waals surface area contributed by atoms with E-state index in [9.17, 15) is 0 Å². The summed E-state index contributed by atoms with van der Waals surface area (Å²) in [4.78, 5) is 7.73. The molecule has 1 aromatic rings. The fourth-order valence-electron chi connectivity index (χ4n) is 1.79. The summed E-state index contributed by atoms with van der Waals surface area (Å²) in [5.74, 6) is 0.875. The molecule has 0 heterocycles. The van der Waals surface area contributed by atoms with E-state index in [2.05, 4.69) is 16.7 Å². The molecule has 0 atom stereocenters. The SMILES string of the molecule is CCCOc1ccc(N=C2C=CC(=[N+]=[N-])CC2)cc1. The zero-order chi connectivity index (χ0) is 13.5. The molecule has 0 N–H and O–H groups in total. The van der Waals surface area contributed by atoms with E-state index in [1.165, 1.54) is 0 Å². The van der Waals surface area contributed by atoms with Crippen LogP contribution >= 0.6 is 0 Å². The van der Waals surface area contributed by atoms with Crippen molar-refractivity contribution in [3.63, 3.8) is 0 Å². The standard InChI is InChI=1S/C15H17N3O/c1-2-11-19-15-9-7-13(8-10-15)17-12-3-5-14(18-16)6-4-12/h3,5,7-10H,2,4,6,11H2,1H3. The monoisotopic (exact) mass is 255 g/mol. The van der Waals surface area contributed by atoms with Crippen LogP contribution in [0, 0.1) is 0 Å². The third kappa shape index (κ3) is 3.90. The number of benzene rings is 1. The Hall–Kier alpha value is -2.19. The van der Waals surface area contributed by atoms with Gasteiger partial charge in [0.15, 0.2) is 0 Å². The van der Waals surface area contributed by atoms with E-state index in [0.717, 1.165) is 43.0 Å². The molecule has 0 aromatic heterocycles. The Morgan fingerprint density at radius 1 is 1.21 bits per heavy atom. The van der Waals surface area contributed by atoms with Gasteiger partial charge in [-0.25, -0.2) is 0 Å². The lowest BCUT2D eigenvalue weighted by molar-refractivity contribution is -0.00621. The average molecular weight is 255 g/mol. The lowest BCUT2D eigenvalue weighted by Crippen LogP contribution is -2.07. The maximum absolute atomic E-state index is 8.65. The predicted molar refractivity (Wildman–Crippen MR) is 76.3 cm³/mol. The molecule has 0 aliphatic heterocycles. The smallest absolute Gasteiger partial charge is 0.292 e. The highest BCUT2D eigenvalue weighted by atomic mass is 16.5. The number of hydrogen-bond donors (Lipinski definition) is 0. The van der Waals surface area contributed by atoms with Crippen LogP contribution in [-0.2, 0) is 0 Å². The molecule has 4 nitrogen and oxygen atoms in total.